The van der Waals surface area contributed by atoms with Crippen LogP contribution in [-0.4, -0.2) is 9.55 Å². The van der Waals surface area contributed by atoms with E-state index in [4.69, 9.17) is 0 Å². The van der Waals surface area contributed by atoms with Crippen LogP contribution in [0.2, 0.25) is 0 Å². The van der Waals surface area contributed by atoms with Gasteiger partial charge < -0.3 is 0 Å². The van der Waals surface area contributed by atoms with E-state index in [1.165, 1.54) is 12.8 Å². The Morgan fingerprint density at radius 1 is 1.40 bits per heavy atom. The Hall–Kier alpha value is -1.64. The molecule has 0 amide bonds. The molecule has 0 aliphatic heterocycles. The molecule has 3 nitrogen and oxygen atoms in total. The van der Waals surface area contributed by atoms with Gasteiger partial charge in [0.15, 0.2) is 0 Å². The first-order chi connectivity index (χ1) is 7.40. The molecule has 0 bridgehead atoms. The maximum Gasteiger partial charge on any atom is 0.250 e. The summed E-state index contributed by atoms with van der Waals surface area (Å²) in [5, 5.41) is 0. The predicted octanol–water partition coefficient (Wildman–Crippen LogP) is 1.96. The van der Waals surface area contributed by atoms with Crippen molar-refractivity contribution in [2.24, 2.45) is 0 Å². The van der Waals surface area contributed by atoms with E-state index in [-0.39, 0.29) is 0 Å². The van der Waals surface area contributed by atoms with Gasteiger partial charge in [-0.25, -0.2) is 9.55 Å². The monoisotopic (exact) mass is 202 g/mol. The van der Waals surface area contributed by atoms with Gasteiger partial charge in [-0.1, -0.05) is 19.4 Å². The minimum Gasteiger partial charge on any atom is -0.236 e. The van der Waals surface area contributed by atoms with Gasteiger partial charge in [-0.15, -0.1) is 0 Å². The summed E-state index contributed by atoms with van der Waals surface area (Å²) in [7, 11) is 0. The summed E-state index contributed by atoms with van der Waals surface area (Å²) in [6.45, 7) is 3.28. The number of hydrogen-bond donors (Lipinski definition) is 0. The minimum atomic E-state index is 0.966. The van der Waals surface area contributed by atoms with Gasteiger partial charge in [0, 0.05) is 12.3 Å². The number of aryl methyl sites for hydroxylation is 1. The van der Waals surface area contributed by atoms with Crippen LogP contribution in [0.25, 0.3) is 5.82 Å². The van der Waals surface area contributed by atoms with Gasteiger partial charge in [-0.2, -0.15) is 4.57 Å². The Labute approximate surface area is 90.0 Å². The van der Waals surface area contributed by atoms with E-state index in [0.717, 1.165) is 12.4 Å². The number of rotatable bonds is 4. The van der Waals surface area contributed by atoms with Crippen LogP contribution < -0.4 is 4.57 Å². The van der Waals surface area contributed by atoms with Crippen molar-refractivity contribution in [2.45, 2.75) is 26.3 Å². The molecule has 15 heavy (non-hydrogen) atoms. The van der Waals surface area contributed by atoms with Crippen LogP contribution in [0.4, 0.5) is 0 Å². The zero-order valence-electron chi connectivity index (χ0n) is 9.00. The Morgan fingerprint density at radius 2 is 2.33 bits per heavy atom. The highest BCUT2D eigenvalue weighted by molar-refractivity contribution is 5.19. The van der Waals surface area contributed by atoms with Gasteiger partial charge in [-0.3, -0.25) is 0 Å². The molecule has 0 aromatic carbocycles. The Kier molecular flexibility index (Phi) is 3.12. The van der Waals surface area contributed by atoms with E-state index in [2.05, 4.69) is 29.0 Å². The molecule has 2 aromatic heterocycles. The highest BCUT2D eigenvalue weighted by atomic mass is 15.1. The lowest BCUT2D eigenvalue weighted by atomic mass is 10.3. The van der Waals surface area contributed by atoms with E-state index in [1.807, 2.05) is 35.2 Å². The van der Waals surface area contributed by atoms with Gasteiger partial charge in [-0.05, 0) is 12.5 Å². The number of aromatic nitrogens is 3. The van der Waals surface area contributed by atoms with Gasteiger partial charge in [0.25, 0.3) is 0 Å². The average molecular weight is 202 g/mol. The molecule has 78 valence electrons. The van der Waals surface area contributed by atoms with E-state index < -0.39 is 0 Å². The average Bonchev–Trinajstić information content (AvgIpc) is 2.76. The second-order valence-electron chi connectivity index (χ2n) is 3.60. The first-order valence-electron chi connectivity index (χ1n) is 5.38. The zero-order valence-corrected chi connectivity index (χ0v) is 9.00. The van der Waals surface area contributed by atoms with Crippen LogP contribution in [0.3, 0.4) is 0 Å². The number of unbranched alkanes of at least 4 members (excludes halogenated alkanes) is 1. The molecule has 2 heterocycles. The molecule has 0 unspecified atom stereocenters. The van der Waals surface area contributed by atoms with Crippen molar-refractivity contribution in [1.82, 2.24) is 9.55 Å². The highest BCUT2D eigenvalue weighted by Crippen LogP contribution is 2.00. The number of nitrogens with zero attached hydrogens (tertiary/aromatic N) is 3. The molecule has 0 saturated heterocycles. The third kappa shape index (κ3) is 2.43. The first-order valence-corrected chi connectivity index (χ1v) is 5.38. The van der Waals surface area contributed by atoms with E-state index >= 15 is 0 Å². The van der Waals surface area contributed by atoms with Crippen molar-refractivity contribution in [2.75, 3.05) is 0 Å². The van der Waals surface area contributed by atoms with Gasteiger partial charge in [0.05, 0.1) is 6.54 Å². The van der Waals surface area contributed by atoms with Crippen molar-refractivity contribution in [3.05, 3.63) is 43.1 Å². The summed E-state index contributed by atoms with van der Waals surface area (Å²) in [5.41, 5.74) is 0. The van der Waals surface area contributed by atoms with Crippen LogP contribution in [0, 0.1) is 0 Å². The van der Waals surface area contributed by atoms with Crippen LogP contribution in [0.15, 0.2) is 43.1 Å². The summed E-state index contributed by atoms with van der Waals surface area (Å²) < 4.78 is 4.23. The molecule has 0 saturated carbocycles. The summed E-state index contributed by atoms with van der Waals surface area (Å²) in [6.07, 6.45) is 10.5. The van der Waals surface area contributed by atoms with Gasteiger partial charge in [0.1, 0.15) is 12.4 Å². The molecule has 0 fully saturated rings. The lowest BCUT2D eigenvalue weighted by molar-refractivity contribution is -0.696. The standard InChI is InChI=1S/C12H16N3/c1-2-3-8-14-9-10-15(11-14)12-6-4-5-7-13-12/h4-7,9-11H,2-3,8H2,1H3/q+1. The molecule has 0 atom stereocenters. The fraction of sp³-hybridized carbons (Fsp3) is 0.333. The molecular weight excluding hydrogens is 186 g/mol. The second-order valence-corrected chi connectivity index (χ2v) is 3.60. The maximum atomic E-state index is 4.29. The quantitative estimate of drug-likeness (QED) is 0.694. The van der Waals surface area contributed by atoms with E-state index in [0.29, 0.717) is 0 Å². The van der Waals surface area contributed by atoms with Gasteiger partial charge >= 0.3 is 0 Å². The van der Waals surface area contributed by atoms with Crippen molar-refractivity contribution in [3.63, 3.8) is 0 Å². The fourth-order valence-electron chi connectivity index (χ4n) is 1.51. The van der Waals surface area contributed by atoms with Crippen LogP contribution in [0.5, 0.6) is 0 Å². The van der Waals surface area contributed by atoms with Crippen molar-refractivity contribution in [3.8, 4) is 5.82 Å². The van der Waals surface area contributed by atoms with Crippen LogP contribution in [0.1, 0.15) is 19.8 Å². The third-order valence-corrected chi connectivity index (χ3v) is 2.38. The normalized spacial score (nSPS) is 10.5. The zero-order chi connectivity index (χ0) is 10.5. The molecule has 2 aromatic rings. The van der Waals surface area contributed by atoms with E-state index in [1.54, 1.807) is 0 Å². The Morgan fingerprint density at radius 3 is 3.07 bits per heavy atom. The van der Waals surface area contributed by atoms with Crippen molar-refractivity contribution >= 4 is 0 Å². The highest BCUT2D eigenvalue weighted by Gasteiger charge is 2.05. The molecular formula is C12H16N3+. The number of pyridine rings is 1. The molecule has 0 aliphatic rings. The SMILES string of the molecule is CCCC[n+]1ccn(-c2ccccn2)c1. The fourth-order valence-corrected chi connectivity index (χ4v) is 1.51. The maximum absolute atomic E-state index is 4.29. The summed E-state index contributed by atoms with van der Waals surface area (Å²) in [6, 6.07) is 5.93. The summed E-state index contributed by atoms with van der Waals surface area (Å²) in [4.78, 5) is 4.29. The van der Waals surface area contributed by atoms with Crippen LogP contribution in [-0.2, 0) is 6.54 Å². The largest absolute Gasteiger partial charge is 0.250 e. The van der Waals surface area contributed by atoms with Crippen molar-refractivity contribution in [1.29, 1.82) is 0 Å². The number of hydrogen-bond acceptors (Lipinski definition) is 1. The Balaban J connectivity index is 2.14. The first kappa shape index (κ1) is 9.90. The minimum absolute atomic E-state index is 0.966. The van der Waals surface area contributed by atoms with Gasteiger partial charge in [0.2, 0.25) is 12.1 Å². The third-order valence-electron chi connectivity index (χ3n) is 2.38. The summed E-state index contributed by atoms with van der Waals surface area (Å²) in [5.74, 6) is 0.966. The van der Waals surface area contributed by atoms with Crippen molar-refractivity contribution < 1.29 is 4.57 Å². The van der Waals surface area contributed by atoms with E-state index in [9.17, 15) is 0 Å². The smallest absolute Gasteiger partial charge is 0.236 e. The topological polar surface area (TPSA) is 21.7 Å². The second kappa shape index (κ2) is 4.73. The molecule has 0 aliphatic carbocycles. The van der Waals surface area contributed by atoms with Crippen LogP contribution >= 0.6 is 0 Å². The number of imidazole rings is 1. The predicted molar refractivity (Wildman–Crippen MR) is 58.7 cm³/mol. The Bertz CT molecular complexity index is 406. The lowest BCUT2D eigenvalue weighted by Crippen LogP contribution is -2.30. The molecule has 0 N–H and O–H groups in total. The lowest BCUT2D eigenvalue weighted by Gasteiger charge is -1.93. The molecule has 2 rings (SSSR count). The molecule has 0 spiro atoms. The molecule has 0 radical (unpaired) electrons. The summed E-state index contributed by atoms with van der Waals surface area (Å²) >= 11 is 0. The molecule has 3 heteroatoms.